The van der Waals surface area contributed by atoms with E-state index in [2.05, 4.69) is 10.3 Å². The van der Waals surface area contributed by atoms with E-state index in [-0.39, 0.29) is 18.2 Å². The third-order valence-corrected chi connectivity index (χ3v) is 4.50. The summed E-state index contributed by atoms with van der Waals surface area (Å²) in [4.78, 5) is 27.9. The van der Waals surface area contributed by atoms with Gasteiger partial charge in [0.25, 0.3) is 0 Å². The molecule has 2 aromatic rings. The van der Waals surface area contributed by atoms with Crippen molar-refractivity contribution in [2.45, 2.75) is 32.7 Å². The highest BCUT2D eigenvalue weighted by molar-refractivity contribution is 7.13. The summed E-state index contributed by atoms with van der Waals surface area (Å²) in [5.74, 6) is -0.464. The van der Waals surface area contributed by atoms with Gasteiger partial charge in [-0.3, -0.25) is 4.79 Å². The number of nitrogens with zero attached hydrogens (tertiary/aromatic N) is 1. The summed E-state index contributed by atoms with van der Waals surface area (Å²) in [6.45, 7) is 3.84. The molecular weight excluding hydrogens is 340 g/mol. The zero-order chi connectivity index (χ0) is 18.4. The number of hydrogen-bond acceptors (Lipinski definition) is 5. The molecule has 134 valence electrons. The Kier molecular flexibility index (Phi) is 6.52. The predicted octanol–water partition coefficient (Wildman–Crippen LogP) is 2.98. The fraction of sp³-hybridized carbons (Fsp3) is 0.389. The van der Waals surface area contributed by atoms with Gasteiger partial charge in [-0.25, -0.2) is 9.78 Å². The first-order chi connectivity index (χ1) is 11.9. The summed E-state index contributed by atoms with van der Waals surface area (Å²) in [5, 5.41) is 14.3. The average molecular weight is 362 g/mol. The molecule has 1 heterocycles. The summed E-state index contributed by atoms with van der Waals surface area (Å²) in [5.41, 5.74) is 1.47. The minimum atomic E-state index is -1.02. The number of benzene rings is 1. The van der Waals surface area contributed by atoms with E-state index in [9.17, 15) is 14.7 Å². The number of rotatable bonds is 8. The smallest absolute Gasteiger partial charge is 0.326 e. The zero-order valence-electron chi connectivity index (χ0n) is 14.5. The van der Waals surface area contributed by atoms with Crippen LogP contribution in [0.1, 0.15) is 26.0 Å². The van der Waals surface area contributed by atoms with Gasteiger partial charge in [0.1, 0.15) is 16.8 Å². The van der Waals surface area contributed by atoms with Gasteiger partial charge in [0.05, 0.1) is 24.8 Å². The summed E-state index contributed by atoms with van der Waals surface area (Å²) >= 11 is 1.42. The van der Waals surface area contributed by atoms with E-state index >= 15 is 0 Å². The summed E-state index contributed by atoms with van der Waals surface area (Å²) < 4.78 is 5.33. The van der Waals surface area contributed by atoms with Crippen molar-refractivity contribution in [1.82, 2.24) is 10.3 Å². The van der Waals surface area contributed by atoms with Crippen LogP contribution in [0.4, 0.5) is 0 Å². The molecule has 1 amide bonds. The number of carboxylic acid groups (broad SMARTS) is 1. The van der Waals surface area contributed by atoms with Gasteiger partial charge in [0.2, 0.25) is 5.91 Å². The number of aliphatic carboxylic acids is 1. The first-order valence-corrected chi connectivity index (χ1v) is 8.88. The van der Waals surface area contributed by atoms with Gasteiger partial charge in [-0.05, 0) is 24.5 Å². The third kappa shape index (κ3) is 5.29. The largest absolute Gasteiger partial charge is 0.496 e. The number of para-hydroxylation sites is 1. The molecule has 0 saturated carbocycles. The van der Waals surface area contributed by atoms with E-state index in [1.165, 1.54) is 11.3 Å². The van der Waals surface area contributed by atoms with Gasteiger partial charge in [-0.15, -0.1) is 11.3 Å². The fourth-order valence-electron chi connectivity index (χ4n) is 2.44. The maximum absolute atomic E-state index is 12.1. The van der Waals surface area contributed by atoms with Crippen molar-refractivity contribution in [2.75, 3.05) is 7.11 Å². The van der Waals surface area contributed by atoms with E-state index in [1.807, 2.05) is 38.1 Å². The summed E-state index contributed by atoms with van der Waals surface area (Å²) in [6.07, 6.45) is 0.443. The van der Waals surface area contributed by atoms with Crippen LogP contribution >= 0.6 is 11.3 Å². The van der Waals surface area contributed by atoms with Crippen molar-refractivity contribution in [3.05, 3.63) is 35.3 Å². The van der Waals surface area contributed by atoms with Gasteiger partial charge >= 0.3 is 5.97 Å². The maximum Gasteiger partial charge on any atom is 0.326 e. The lowest BCUT2D eigenvalue weighted by Gasteiger charge is -2.16. The van der Waals surface area contributed by atoms with Gasteiger partial charge < -0.3 is 15.2 Å². The van der Waals surface area contributed by atoms with E-state index in [1.54, 1.807) is 12.5 Å². The molecule has 0 saturated heterocycles. The molecule has 1 aromatic heterocycles. The fourth-order valence-corrected chi connectivity index (χ4v) is 3.29. The molecule has 0 unspecified atom stereocenters. The Bertz CT molecular complexity index is 742. The Hall–Kier alpha value is -2.41. The van der Waals surface area contributed by atoms with E-state index in [0.717, 1.165) is 16.3 Å². The Morgan fingerprint density at radius 2 is 2.04 bits per heavy atom. The SMILES string of the molecule is COc1ccccc1-c1nc(CC(=O)N[C@@H](CC(C)C)C(=O)O)cs1. The molecule has 1 aromatic carbocycles. The number of ether oxygens (including phenoxy) is 1. The van der Waals surface area contributed by atoms with Crippen LogP contribution in [0.5, 0.6) is 5.75 Å². The van der Waals surface area contributed by atoms with Gasteiger partial charge in [0, 0.05) is 5.38 Å². The lowest BCUT2D eigenvalue weighted by atomic mass is 10.0. The second-order valence-electron chi connectivity index (χ2n) is 6.11. The van der Waals surface area contributed by atoms with E-state index in [4.69, 9.17) is 4.74 Å². The van der Waals surface area contributed by atoms with E-state index < -0.39 is 12.0 Å². The van der Waals surface area contributed by atoms with Crippen LogP contribution < -0.4 is 10.1 Å². The minimum absolute atomic E-state index is 0.0491. The van der Waals surface area contributed by atoms with Crippen molar-refractivity contribution in [1.29, 1.82) is 0 Å². The lowest BCUT2D eigenvalue weighted by molar-refractivity contribution is -0.142. The molecule has 0 spiro atoms. The Balaban J connectivity index is 2.05. The molecular formula is C18H22N2O4S. The monoisotopic (exact) mass is 362 g/mol. The normalized spacial score (nSPS) is 12.0. The highest BCUT2D eigenvalue weighted by atomic mass is 32.1. The quantitative estimate of drug-likeness (QED) is 0.754. The minimum Gasteiger partial charge on any atom is -0.496 e. The van der Waals surface area contributed by atoms with Crippen LogP contribution in [0.3, 0.4) is 0 Å². The van der Waals surface area contributed by atoms with Crippen molar-refractivity contribution < 1.29 is 19.4 Å². The first kappa shape index (κ1) is 18.9. The van der Waals surface area contributed by atoms with E-state index in [0.29, 0.717) is 12.1 Å². The number of hydrogen-bond donors (Lipinski definition) is 2. The molecule has 7 heteroatoms. The topological polar surface area (TPSA) is 88.5 Å². The first-order valence-electron chi connectivity index (χ1n) is 8.00. The van der Waals surface area contributed by atoms with Crippen molar-refractivity contribution in [2.24, 2.45) is 5.92 Å². The number of carboxylic acids is 1. The molecule has 0 bridgehead atoms. The second kappa shape index (κ2) is 8.62. The molecule has 25 heavy (non-hydrogen) atoms. The molecule has 2 N–H and O–H groups in total. The molecule has 0 aliphatic heterocycles. The molecule has 6 nitrogen and oxygen atoms in total. The van der Waals surface area contributed by atoms with Crippen LogP contribution in [-0.4, -0.2) is 35.1 Å². The van der Waals surface area contributed by atoms with Crippen molar-refractivity contribution >= 4 is 23.2 Å². The lowest BCUT2D eigenvalue weighted by Crippen LogP contribution is -2.42. The Morgan fingerprint density at radius 1 is 1.32 bits per heavy atom. The van der Waals surface area contributed by atoms with Crippen molar-refractivity contribution in [3.63, 3.8) is 0 Å². The molecule has 0 radical (unpaired) electrons. The van der Waals surface area contributed by atoms with Crippen LogP contribution in [0.25, 0.3) is 10.6 Å². The summed E-state index contributed by atoms with van der Waals surface area (Å²) in [6, 6.07) is 6.66. The van der Waals surface area contributed by atoms with Gasteiger partial charge in [-0.2, -0.15) is 0 Å². The maximum atomic E-state index is 12.1. The molecule has 1 atom stereocenters. The average Bonchev–Trinajstić information content (AvgIpc) is 3.01. The highest BCUT2D eigenvalue weighted by Gasteiger charge is 2.21. The highest BCUT2D eigenvalue weighted by Crippen LogP contribution is 2.31. The van der Waals surface area contributed by atoms with Gasteiger partial charge in [0.15, 0.2) is 0 Å². The van der Waals surface area contributed by atoms with Crippen LogP contribution in [0, 0.1) is 5.92 Å². The number of carbonyl (C=O) groups is 2. The zero-order valence-corrected chi connectivity index (χ0v) is 15.3. The van der Waals surface area contributed by atoms with Crippen LogP contribution in [0.15, 0.2) is 29.6 Å². The molecule has 0 aliphatic carbocycles. The molecule has 0 aliphatic rings. The van der Waals surface area contributed by atoms with Crippen LogP contribution in [-0.2, 0) is 16.0 Å². The summed E-state index contributed by atoms with van der Waals surface area (Å²) in [7, 11) is 1.60. The standard InChI is InChI=1S/C18H22N2O4S/c1-11(2)8-14(18(22)23)20-16(21)9-12-10-25-17(19-12)13-6-4-5-7-15(13)24-3/h4-7,10-11,14H,8-9H2,1-3H3,(H,20,21)(H,22,23)/t14-/m0/s1. The third-order valence-electron chi connectivity index (χ3n) is 3.57. The predicted molar refractivity (Wildman–Crippen MR) is 96.8 cm³/mol. The van der Waals surface area contributed by atoms with Crippen molar-refractivity contribution in [3.8, 4) is 16.3 Å². The molecule has 0 fully saturated rings. The number of aromatic nitrogens is 1. The Morgan fingerprint density at radius 3 is 2.68 bits per heavy atom. The number of carbonyl (C=O) groups excluding carboxylic acids is 1. The molecule has 2 rings (SSSR count). The second-order valence-corrected chi connectivity index (χ2v) is 6.97. The number of thiazole rings is 1. The Labute approximate surface area is 150 Å². The number of amides is 1. The van der Waals surface area contributed by atoms with Crippen LogP contribution in [0.2, 0.25) is 0 Å². The number of nitrogens with one attached hydrogen (secondary N) is 1. The van der Waals surface area contributed by atoms with Gasteiger partial charge in [-0.1, -0.05) is 26.0 Å². The number of methoxy groups -OCH3 is 1.